The molecule has 0 saturated carbocycles. The average Bonchev–Trinajstić information content (AvgIpc) is 2.86. The Hall–Kier alpha value is -1.95. The molecule has 1 N–H and O–H groups in total. The molecule has 0 radical (unpaired) electrons. The number of benzene rings is 2. The Balaban J connectivity index is 1.88. The van der Waals surface area contributed by atoms with Gasteiger partial charge in [0.05, 0.1) is 17.7 Å². The van der Waals surface area contributed by atoms with Crippen molar-refractivity contribution < 1.29 is 9.53 Å². The van der Waals surface area contributed by atoms with Crippen molar-refractivity contribution in [1.29, 1.82) is 0 Å². The second kappa shape index (κ2) is 7.30. The summed E-state index contributed by atoms with van der Waals surface area (Å²) in [5.41, 5.74) is 1.40. The monoisotopic (exact) mass is 378 g/mol. The number of hydrogen-bond donors (Lipinski definition) is 1. The van der Waals surface area contributed by atoms with Crippen LogP contribution in [0, 0.1) is 0 Å². The maximum absolute atomic E-state index is 12.1. The standard InChI is InChI=1S/C17H12Cl2N2O2S/c1-23-14-5-3-2-4-10(14)6-15-16(22)21-17(24-15)20-13-8-11(18)7-12(19)9-13/h2-9H,1H3,(H,20,21,22). The van der Waals surface area contributed by atoms with Gasteiger partial charge < -0.3 is 10.1 Å². The van der Waals surface area contributed by atoms with Gasteiger partial charge >= 0.3 is 0 Å². The number of para-hydroxylation sites is 1. The number of aliphatic imine (C=N–C) groups is 1. The lowest BCUT2D eigenvalue weighted by molar-refractivity contribution is -0.115. The number of amides is 1. The van der Waals surface area contributed by atoms with Crippen LogP contribution in [0.3, 0.4) is 0 Å². The lowest BCUT2D eigenvalue weighted by Gasteiger charge is -2.03. The molecule has 1 amide bonds. The quantitative estimate of drug-likeness (QED) is 0.773. The fourth-order valence-electron chi connectivity index (χ4n) is 2.13. The SMILES string of the molecule is COc1ccccc1C=C1SC(=Nc2cc(Cl)cc(Cl)c2)NC1=O. The van der Waals surface area contributed by atoms with Crippen LogP contribution in [0.2, 0.25) is 10.0 Å². The second-order valence-corrected chi connectivity index (χ2v) is 6.75. The number of nitrogens with zero attached hydrogens (tertiary/aromatic N) is 1. The van der Waals surface area contributed by atoms with Crippen LogP contribution in [0.4, 0.5) is 5.69 Å². The van der Waals surface area contributed by atoms with E-state index < -0.39 is 0 Å². The predicted molar refractivity (Wildman–Crippen MR) is 100 cm³/mol. The summed E-state index contributed by atoms with van der Waals surface area (Å²) >= 11 is 13.2. The van der Waals surface area contributed by atoms with E-state index in [9.17, 15) is 4.79 Å². The van der Waals surface area contributed by atoms with Crippen LogP contribution in [-0.4, -0.2) is 18.2 Å². The Morgan fingerprint density at radius 3 is 2.58 bits per heavy atom. The van der Waals surface area contributed by atoms with Gasteiger partial charge in [-0.2, -0.15) is 0 Å². The molecule has 0 spiro atoms. The molecular formula is C17H12Cl2N2O2S. The van der Waals surface area contributed by atoms with Gasteiger partial charge in [0.25, 0.3) is 5.91 Å². The summed E-state index contributed by atoms with van der Waals surface area (Å²) < 4.78 is 5.29. The number of amidine groups is 1. The van der Waals surface area contributed by atoms with Gasteiger partial charge in [0, 0.05) is 15.6 Å². The topological polar surface area (TPSA) is 50.7 Å². The third-order valence-corrected chi connectivity index (χ3v) is 4.50. The van der Waals surface area contributed by atoms with E-state index in [-0.39, 0.29) is 5.91 Å². The molecule has 1 aliphatic heterocycles. The molecule has 0 bridgehead atoms. The van der Waals surface area contributed by atoms with Crippen LogP contribution >= 0.6 is 35.0 Å². The fraction of sp³-hybridized carbons (Fsp3) is 0.0588. The molecule has 0 unspecified atom stereocenters. The van der Waals surface area contributed by atoms with Gasteiger partial charge in [-0.1, -0.05) is 41.4 Å². The summed E-state index contributed by atoms with van der Waals surface area (Å²) in [7, 11) is 1.59. The maximum Gasteiger partial charge on any atom is 0.264 e. The molecule has 0 atom stereocenters. The first-order valence-electron chi connectivity index (χ1n) is 6.94. The first-order valence-corrected chi connectivity index (χ1v) is 8.51. The smallest absolute Gasteiger partial charge is 0.264 e. The highest BCUT2D eigenvalue weighted by Gasteiger charge is 2.24. The van der Waals surface area contributed by atoms with Gasteiger partial charge in [-0.15, -0.1) is 0 Å². The number of carbonyl (C=O) groups excluding carboxylic acids is 1. The van der Waals surface area contributed by atoms with E-state index in [1.54, 1.807) is 31.4 Å². The van der Waals surface area contributed by atoms with E-state index in [4.69, 9.17) is 27.9 Å². The van der Waals surface area contributed by atoms with Crippen LogP contribution in [0.5, 0.6) is 5.75 Å². The number of ether oxygens (including phenoxy) is 1. The van der Waals surface area contributed by atoms with Crippen molar-refractivity contribution in [2.45, 2.75) is 0 Å². The molecule has 3 rings (SSSR count). The van der Waals surface area contributed by atoms with Gasteiger partial charge in [-0.3, -0.25) is 4.79 Å². The summed E-state index contributed by atoms with van der Waals surface area (Å²) in [6.45, 7) is 0. The lowest BCUT2D eigenvalue weighted by atomic mass is 10.2. The zero-order valence-corrected chi connectivity index (χ0v) is 14.9. The van der Waals surface area contributed by atoms with Crippen molar-refractivity contribution in [3.63, 3.8) is 0 Å². The second-order valence-electron chi connectivity index (χ2n) is 4.85. The highest BCUT2D eigenvalue weighted by atomic mass is 35.5. The molecule has 2 aromatic rings. The Bertz CT molecular complexity index is 845. The van der Waals surface area contributed by atoms with Gasteiger partial charge in [0.15, 0.2) is 5.17 Å². The first kappa shape index (κ1) is 16.9. The van der Waals surface area contributed by atoms with Gasteiger partial charge in [-0.05, 0) is 42.1 Å². The van der Waals surface area contributed by atoms with E-state index in [0.717, 1.165) is 5.56 Å². The van der Waals surface area contributed by atoms with Crippen molar-refractivity contribution in [3.8, 4) is 5.75 Å². The molecule has 1 saturated heterocycles. The van der Waals surface area contributed by atoms with Gasteiger partial charge in [0.2, 0.25) is 0 Å². The zero-order chi connectivity index (χ0) is 17.1. The minimum atomic E-state index is -0.210. The number of thioether (sulfide) groups is 1. The van der Waals surface area contributed by atoms with Crippen molar-refractivity contribution in [1.82, 2.24) is 5.32 Å². The highest BCUT2D eigenvalue weighted by molar-refractivity contribution is 8.18. The van der Waals surface area contributed by atoms with E-state index in [1.807, 2.05) is 24.3 Å². The molecule has 7 heteroatoms. The molecular weight excluding hydrogens is 367 g/mol. The van der Waals surface area contributed by atoms with Crippen molar-refractivity contribution in [2.75, 3.05) is 7.11 Å². The van der Waals surface area contributed by atoms with E-state index in [1.165, 1.54) is 11.8 Å². The number of rotatable bonds is 3. The number of hydrogen-bond acceptors (Lipinski definition) is 4. The van der Waals surface area contributed by atoms with Crippen molar-refractivity contribution >= 4 is 57.8 Å². The molecule has 1 aliphatic rings. The van der Waals surface area contributed by atoms with Crippen molar-refractivity contribution in [2.24, 2.45) is 4.99 Å². The largest absolute Gasteiger partial charge is 0.496 e. The average molecular weight is 379 g/mol. The highest BCUT2D eigenvalue weighted by Crippen LogP contribution is 2.31. The summed E-state index contributed by atoms with van der Waals surface area (Å²) in [5.74, 6) is 0.489. The lowest BCUT2D eigenvalue weighted by Crippen LogP contribution is -2.19. The van der Waals surface area contributed by atoms with Crippen LogP contribution in [-0.2, 0) is 4.79 Å². The Morgan fingerprint density at radius 1 is 1.17 bits per heavy atom. The minimum absolute atomic E-state index is 0.210. The summed E-state index contributed by atoms with van der Waals surface area (Å²) in [6.07, 6.45) is 1.77. The third kappa shape index (κ3) is 3.93. The summed E-state index contributed by atoms with van der Waals surface area (Å²) in [4.78, 5) is 17.0. The normalized spacial score (nSPS) is 17.4. The third-order valence-electron chi connectivity index (χ3n) is 3.15. The van der Waals surface area contributed by atoms with Crippen LogP contribution in [0.1, 0.15) is 5.56 Å². The van der Waals surface area contributed by atoms with Crippen LogP contribution in [0.25, 0.3) is 6.08 Å². The molecule has 1 fully saturated rings. The molecule has 122 valence electrons. The number of carbonyl (C=O) groups is 1. The molecule has 4 nitrogen and oxygen atoms in total. The molecule has 24 heavy (non-hydrogen) atoms. The Morgan fingerprint density at radius 2 is 1.88 bits per heavy atom. The maximum atomic E-state index is 12.1. The minimum Gasteiger partial charge on any atom is -0.496 e. The van der Waals surface area contributed by atoms with E-state index in [0.29, 0.717) is 31.6 Å². The van der Waals surface area contributed by atoms with E-state index >= 15 is 0 Å². The number of methoxy groups -OCH3 is 1. The molecule has 2 aromatic carbocycles. The molecule has 0 aliphatic carbocycles. The van der Waals surface area contributed by atoms with Gasteiger partial charge in [-0.25, -0.2) is 4.99 Å². The first-order chi connectivity index (χ1) is 11.5. The van der Waals surface area contributed by atoms with E-state index in [2.05, 4.69) is 10.3 Å². The number of halogens is 2. The predicted octanol–water partition coefficient (Wildman–Crippen LogP) is 4.89. The number of nitrogens with one attached hydrogen (secondary N) is 1. The summed E-state index contributed by atoms with van der Waals surface area (Å²) in [5, 5.41) is 4.17. The fourth-order valence-corrected chi connectivity index (χ4v) is 3.48. The summed E-state index contributed by atoms with van der Waals surface area (Å²) in [6, 6.07) is 12.5. The molecule has 0 aromatic heterocycles. The molecule has 1 heterocycles. The Labute approximate surface area is 153 Å². The van der Waals surface area contributed by atoms with Crippen LogP contribution in [0.15, 0.2) is 52.4 Å². The van der Waals surface area contributed by atoms with Crippen molar-refractivity contribution in [3.05, 3.63) is 63.0 Å². The van der Waals surface area contributed by atoms with Gasteiger partial charge in [0.1, 0.15) is 5.75 Å². The Kier molecular flexibility index (Phi) is 5.14. The zero-order valence-electron chi connectivity index (χ0n) is 12.5. The van der Waals surface area contributed by atoms with Crippen LogP contribution < -0.4 is 10.1 Å².